The zero-order valence-corrected chi connectivity index (χ0v) is 17.5. The molecular formula is C20H21N3O6S. The Morgan fingerprint density at radius 2 is 2.07 bits per heavy atom. The molecule has 1 aromatic carbocycles. The number of hydrogen-bond donors (Lipinski definition) is 1. The Kier molecular flexibility index (Phi) is 5.31. The van der Waals surface area contributed by atoms with E-state index < -0.39 is 29.6 Å². The zero-order valence-electron chi connectivity index (χ0n) is 16.7. The quantitative estimate of drug-likeness (QED) is 0.436. The number of aromatic nitrogens is 2. The molecule has 0 saturated carbocycles. The maximum Gasteiger partial charge on any atom is 0.301 e. The lowest BCUT2D eigenvalue weighted by molar-refractivity contribution is -0.140. The van der Waals surface area contributed by atoms with Gasteiger partial charge in [0.05, 0.1) is 18.8 Å². The van der Waals surface area contributed by atoms with Gasteiger partial charge in [-0.25, -0.2) is 0 Å². The Morgan fingerprint density at radius 1 is 1.33 bits per heavy atom. The molecule has 158 valence electrons. The Labute approximate surface area is 176 Å². The number of Topliss-reactive ketones (excluding diaryl/α,β-unsaturated/α-hetero) is 1. The predicted molar refractivity (Wildman–Crippen MR) is 108 cm³/mol. The summed E-state index contributed by atoms with van der Waals surface area (Å²) in [5.41, 5.74) is 1.80. The van der Waals surface area contributed by atoms with E-state index in [9.17, 15) is 14.7 Å². The molecule has 1 aromatic heterocycles. The Balaban J connectivity index is 1.80. The van der Waals surface area contributed by atoms with Crippen molar-refractivity contribution >= 4 is 33.9 Å². The van der Waals surface area contributed by atoms with Gasteiger partial charge in [-0.3, -0.25) is 14.5 Å². The molecule has 2 aliphatic rings. The van der Waals surface area contributed by atoms with Crippen molar-refractivity contribution in [3.05, 3.63) is 40.9 Å². The van der Waals surface area contributed by atoms with Crippen LogP contribution in [0.5, 0.6) is 5.75 Å². The highest BCUT2D eigenvalue weighted by atomic mass is 32.1. The van der Waals surface area contributed by atoms with Gasteiger partial charge in [0.25, 0.3) is 5.78 Å². The molecule has 0 spiro atoms. The van der Waals surface area contributed by atoms with Crippen molar-refractivity contribution < 1.29 is 28.9 Å². The highest BCUT2D eigenvalue weighted by Gasteiger charge is 2.54. The fourth-order valence-corrected chi connectivity index (χ4v) is 4.19. The van der Waals surface area contributed by atoms with Crippen LogP contribution in [0.4, 0.5) is 5.13 Å². The summed E-state index contributed by atoms with van der Waals surface area (Å²) < 4.78 is 17.0. The van der Waals surface area contributed by atoms with Crippen molar-refractivity contribution in [2.75, 3.05) is 18.1 Å². The van der Waals surface area contributed by atoms with Gasteiger partial charge < -0.3 is 19.3 Å². The van der Waals surface area contributed by atoms with Crippen LogP contribution in [0.15, 0.2) is 35.3 Å². The summed E-state index contributed by atoms with van der Waals surface area (Å²) in [6.45, 7) is 6.02. The van der Waals surface area contributed by atoms with Crippen molar-refractivity contribution in [2.45, 2.75) is 38.7 Å². The second kappa shape index (κ2) is 7.78. The fourth-order valence-electron chi connectivity index (χ4n) is 3.59. The maximum absolute atomic E-state index is 12.9. The molecule has 2 atom stereocenters. The van der Waals surface area contributed by atoms with Gasteiger partial charge >= 0.3 is 5.91 Å². The van der Waals surface area contributed by atoms with E-state index in [0.29, 0.717) is 17.9 Å². The van der Waals surface area contributed by atoms with Crippen LogP contribution in [-0.4, -0.2) is 58.1 Å². The van der Waals surface area contributed by atoms with Gasteiger partial charge in [0.15, 0.2) is 5.79 Å². The predicted octanol–water partition coefficient (Wildman–Crippen LogP) is 2.34. The van der Waals surface area contributed by atoms with Crippen LogP contribution in [0.25, 0.3) is 5.76 Å². The van der Waals surface area contributed by atoms with Gasteiger partial charge in [-0.1, -0.05) is 11.3 Å². The molecule has 1 N–H and O–H groups in total. The molecular weight excluding hydrogens is 410 g/mol. The molecule has 2 fully saturated rings. The van der Waals surface area contributed by atoms with Gasteiger partial charge in [0.1, 0.15) is 29.2 Å². The average Bonchev–Trinajstić information content (AvgIpc) is 3.42. The fraction of sp³-hybridized carbons (Fsp3) is 0.400. The van der Waals surface area contributed by atoms with E-state index in [1.165, 1.54) is 10.4 Å². The number of aliphatic hydroxyl groups is 1. The SMILES string of the molecule is CCOc1ccc(/C(O)=C2\C(=O)C(=O)N(c3nncs3)C2C2COC(C)(C)O2)cc1. The number of anilines is 1. The number of nitrogens with zero attached hydrogens (tertiary/aromatic N) is 3. The van der Waals surface area contributed by atoms with Crippen molar-refractivity contribution in [3.8, 4) is 5.75 Å². The van der Waals surface area contributed by atoms with Gasteiger partial charge in [0, 0.05) is 5.56 Å². The molecule has 2 unspecified atom stereocenters. The number of amides is 1. The van der Waals surface area contributed by atoms with Crippen LogP contribution in [-0.2, 0) is 19.1 Å². The number of benzene rings is 1. The second-order valence-electron chi connectivity index (χ2n) is 7.26. The molecule has 2 aromatic rings. The molecule has 0 radical (unpaired) electrons. The highest BCUT2D eigenvalue weighted by Crippen LogP contribution is 2.39. The Hall–Kier alpha value is -2.82. The first-order valence-electron chi connectivity index (χ1n) is 9.44. The van der Waals surface area contributed by atoms with Crippen molar-refractivity contribution in [2.24, 2.45) is 0 Å². The number of rotatable bonds is 5. The van der Waals surface area contributed by atoms with E-state index in [0.717, 1.165) is 11.3 Å². The first-order chi connectivity index (χ1) is 14.3. The molecule has 10 heteroatoms. The van der Waals surface area contributed by atoms with Crippen LogP contribution < -0.4 is 9.64 Å². The second-order valence-corrected chi connectivity index (χ2v) is 8.07. The summed E-state index contributed by atoms with van der Waals surface area (Å²) in [4.78, 5) is 27.1. The van der Waals surface area contributed by atoms with Crippen LogP contribution in [0.2, 0.25) is 0 Å². The third kappa shape index (κ3) is 3.57. The minimum absolute atomic E-state index is 0.0503. The van der Waals surface area contributed by atoms with E-state index in [1.54, 1.807) is 38.1 Å². The first kappa shape index (κ1) is 20.5. The van der Waals surface area contributed by atoms with E-state index in [4.69, 9.17) is 14.2 Å². The zero-order chi connectivity index (χ0) is 21.5. The summed E-state index contributed by atoms with van der Waals surface area (Å²) in [6, 6.07) is 5.74. The number of ether oxygens (including phenoxy) is 3. The van der Waals surface area contributed by atoms with E-state index in [-0.39, 0.29) is 23.1 Å². The largest absolute Gasteiger partial charge is 0.507 e. The number of ketones is 1. The average molecular weight is 431 g/mol. The maximum atomic E-state index is 12.9. The van der Waals surface area contributed by atoms with Crippen LogP contribution in [0.1, 0.15) is 26.3 Å². The Morgan fingerprint density at radius 3 is 2.63 bits per heavy atom. The van der Waals surface area contributed by atoms with Crippen LogP contribution in [0, 0.1) is 0 Å². The standard InChI is InChI=1S/C20H21N3O6S/c1-4-27-12-7-5-11(6-8-12)16(24)14-15(13-9-28-20(2,3)29-13)23(18(26)17(14)25)19-22-21-10-30-19/h5-8,10,13,15,24H,4,9H2,1-3H3/b16-14+. The van der Waals surface area contributed by atoms with E-state index in [1.807, 2.05) is 6.92 Å². The van der Waals surface area contributed by atoms with Crippen molar-refractivity contribution in [3.63, 3.8) is 0 Å². The molecule has 30 heavy (non-hydrogen) atoms. The number of carbonyl (C=O) groups excluding carboxylic acids is 2. The topological polar surface area (TPSA) is 111 Å². The van der Waals surface area contributed by atoms with Gasteiger partial charge in [-0.2, -0.15) is 0 Å². The lowest BCUT2D eigenvalue weighted by Gasteiger charge is -2.27. The number of carbonyl (C=O) groups is 2. The molecule has 0 aliphatic carbocycles. The molecule has 3 heterocycles. The minimum atomic E-state index is -0.897. The smallest absolute Gasteiger partial charge is 0.301 e. The molecule has 4 rings (SSSR count). The summed E-state index contributed by atoms with van der Waals surface area (Å²) in [5.74, 6) is -2.14. The third-order valence-corrected chi connectivity index (χ3v) is 5.55. The van der Waals surface area contributed by atoms with E-state index in [2.05, 4.69) is 10.2 Å². The van der Waals surface area contributed by atoms with Crippen LogP contribution in [0.3, 0.4) is 0 Å². The monoisotopic (exact) mass is 431 g/mol. The van der Waals surface area contributed by atoms with Crippen LogP contribution >= 0.6 is 11.3 Å². The van der Waals surface area contributed by atoms with Gasteiger partial charge in [-0.05, 0) is 45.0 Å². The molecule has 1 amide bonds. The van der Waals surface area contributed by atoms with Gasteiger partial charge in [0.2, 0.25) is 5.13 Å². The molecule has 0 bridgehead atoms. The summed E-state index contributed by atoms with van der Waals surface area (Å²) in [7, 11) is 0. The molecule has 2 aliphatic heterocycles. The minimum Gasteiger partial charge on any atom is -0.507 e. The summed E-state index contributed by atoms with van der Waals surface area (Å²) in [6.07, 6.45) is -0.667. The van der Waals surface area contributed by atoms with Crippen molar-refractivity contribution in [1.82, 2.24) is 10.2 Å². The number of hydrogen-bond acceptors (Lipinski definition) is 9. The number of aliphatic hydroxyl groups excluding tert-OH is 1. The molecule has 2 saturated heterocycles. The van der Waals surface area contributed by atoms with E-state index >= 15 is 0 Å². The lowest BCUT2D eigenvalue weighted by Crippen LogP contribution is -2.44. The first-order valence-corrected chi connectivity index (χ1v) is 10.3. The molecule has 9 nitrogen and oxygen atoms in total. The highest BCUT2D eigenvalue weighted by molar-refractivity contribution is 7.13. The normalized spacial score (nSPS) is 25.1. The Bertz CT molecular complexity index is 986. The summed E-state index contributed by atoms with van der Waals surface area (Å²) in [5, 5.41) is 19.0. The third-order valence-electron chi connectivity index (χ3n) is 4.86. The van der Waals surface area contributed by atoms with Gasteiger partial charge in [-0.15, -0.1) is 10.2 Å². The summed E-state index contributed by atoms with van der Waals surface area (Å²) >= 11 is 1.12. The van der Waals surface area contributed by atoms with Crippen molar-refractivity contribution in [1.29, 1.82) is 0 Å². The lowest BCUT2D eigenvalue weighted by atomic mass is 9.97.